The highest BCUT2D eigenvalue weighted by molar-refractivity contribution is 5.93. The van der Waals surface area contributed by atoms with Gasteiger partial charge in [0.15, 0.2) is 11.6 Å². The molecule has 0 aromatic heterocycles. The first kappa shape index (κ1) is 46.2. The Hall–Kier alpha value is -5.32. The molecule has 0 bridgehead atoms. The number of ketones is 2. The van der Waals surface area contributed by atoms with Crippen LogP contribution in [0.25, 0.3) is 0 Å². The van der Waals surface area contributed by atoms with E-state index in [0.717, 1.165) is 53.6 Å². The second kappa shape index (κ2) is 20.7. The molecule has 62 heavy (non-hydrogen) atoms. The fraction of sp³-hybridized carbons (Fsp3) is 0.529. The standard InChI is InChI=1S/C51H65N3O8/c1-32(2)40(30-48(57)61-6)50(59)52-26-8-10-44(52)46(55)28-35-14-18-37(19-15-35)42-24-25-43(54(42)39-22-12-34(5)13-23-39)38-20-16-36(17-21-38)29-47(56)45-11-9-27-53(45)51(60)41(33(3)4)31-49(58)62-7/h12-23,32-33,40-45H,8-11,24-31H2,1-7H3/t40-,41-,42?,43?,44-,45-/m0/s1. The van der Waals surface area contributed by atoms with Crippen molar-refractivity contribution in [3.8, 4) is 0 Å². The lowest BCUT2D eigenvalue weighted by molar-refractivity contribution is -0.149. The molecule has 0 radical (unpaired) electrons. The summed E-state index contributed by atoms with van der Waals surface area (Å²) in [5.74, 6) is -2.29. The van der Waals surface area contributed by atoms with Crippen LogP contribution in [0, 0.1) is 30.6 Å². The summed E-state index contributed by atoms with van der Waals surface area (Å²) >= 11 is 0. The zero-order valence-electron chi connectivity index (χ0n) is 37.6. The Morgan fingerprint density at radius 1 is 0.565 bits per heavy atom. The minimum atomic E-state index is -0.527. The van der Waals surface area contributed by atoms with E-state index >= 15 is 0 Å². The first-order valence-electron chi connectivity index (χ1n) is 22.5. The highest BCUT2D eigenvalue weighted by Crippen LogP contribution is 2.47. The molecule has 3 heterocycles. The number of likely N-dealkylation sites (tertiary alicyclic amines) is 2. The first-order chi connectivity index (χ1) is 29.7. The van der Waals surface area contributed by atoms with Crippen molar-refractivity contribution >= 4 is 41.0 Å². The summed E-state index contributed by atoms with van der Waals surface area (Å²) in [5.41, 5.74) is 6.43. The third-order valence-corrected chi connectivity index (χ3v) is 13.5. The lowest BCUT2D eigenvalue weighted by atomic mass is 9.90. The Kier molecular flexibility index (Phi) is 15.4. The summed E-state index contributed by atoms with van der Waals surface area (Å²) in [7, 11) is 2.65. The molecule has 3 aliphatic rings. The number of carbonyl (C=O) groups is 6. The monoisotopic (exact) mass is 847 g/mol. The van der Waals surface area contributed by atoms with E-state index in [1.165, 1.54) is 19.8 Å². The van der Waals surface area contributed by atoms with Gasteiger partial charge in [-0.3, -0.25) is 28.8 Å². The largest absolute Gasteiger partial charge is 0.469 e. The number of carbonyl (C=O) groups excluding carboxylic acids is 6. The molecular formula is C51H65N3O8. The molecule has 3 aromatic carbocycles. The molecule has 2 unspecified atom stereocenters. The van der Waals surface area contributed by atoms with E-state index in [-0.39, 0.29) is 73.0 Å². The van der Waals surface area contributed by atoms with Crippen LogP contribution in [-0.4, -0.2) is 84.5 Å². The van der Waals surface area contributed by atoms with Gasteiger partial charge in [0.1, 0.15) is 0 Å². The molecule has 6 rings (SSSR count). The molecule has 0 N–H and O–H groups in total. The normalized spacial score (nSPS) is 21.0. The van der Waals surface area contributed by atoms with Gasteiger partial charge in [-0.05, 0) is 91.7 Å². The Balaban J connectivity index is 1.13. The summed E-state index contributed by atoms with van der Waals surface area (Å²) in [6, 6.07) is 24.5. The number of benzene rings is 3. The number of aryl methyl sites for hydroxylation is 1. The minimum Gasteiger partial charge on any atom is -0.469 e. The number of esters is 2. The molecule has 11 nitrogen and oxygen atoms in total. The van der Waals surface area contributed by atoms with Gasteiger partial charge in [-0.1, -0.05) is 93.9 Å². The second-order valence-electron chi connectivity index (χ2n) is 18.3. The van der Waals surface area contributed by atoms with E-state index in [9.17, 15) is 28.8 Å². The van der Waals surface area contributed by atoms with Crippen molar-refractivity contribution < 1.29 is 38.2 Å². The third kappa shape index (κ3) is 10.6. The molecule has 3 aromatic rings. The van der Waals surface area contributed by atoms with Gasteiger partial charge in [0.25, 0.3) is 0 Å². The maximum Gasteiger partial charge on any atom is 0.306 e. The van der Waals surface area contributed by atoms with E-state index in [1.807, 2.05) is 52.0 Å². The Morgan fingerprint density at radius 3 is 1.31 bits per heavy atom. The van der Waals surface area contributed by atoms with Crippen molar-refractivity contribution in [1.29, 1.82) is 0 Å². The van der Waals surface area contributed by atoms with Gasteiger partial charge in [0.2, 0.25) is 11.8 Å². The van der Waals surface area contributed by atoms with Crippen molar-refractivity contribution in [1.82, 2.24) is 9.80 Å². The predicted octanol–water partition coefficient (Wildman–Crippen LogP) is 7.95. The number of amides is 2. The topological polar surface area (TPSA) is 131 Å². The molecule has 0 saturated carbocycles. The van der Waals surface area contributed by atoms with Crippen LogP contribution in [0.4, 0.5) is 5.69 Å². The van der Waals surface area contributed by atoms with Crippen LogP contribution in [-0.2, 0) is 51.1 Å². The molecule has 6 atom stereocenters. The lowest BCUT2D eigenvalue weighted by Crippen LogP contribution is -2.45. The number of nitrogens with zero attached hydrogens (tertiary/aromatic N) is 3. The number of Topliss-reactive ketones (excluding diaryl/α,β-unsaturated/α-hetero) is 2. The fourth-order valence-corrected chi connectivity index (χ4v) is 9.79. The van der Waals surface area contributed by atoms with Gasteiger partial charge in [-0.15, -0.1) is 0 Å². The van der Waals surface area contributed by atoms with Crippen LogP contribution in [0.15, 0.2) is 72.8 Å². The van der Waals surface area contributed by atoms with E-state index in [2.05, 4.69) is 60.4 Å². The molecule has 0 aliphatic carbocycles. The number of hydrogen-bond acceptors (Lipinski definition) is 9. The first-order valence-corrected chi connectivity index (χ1v) is 22.5. The highest BCUT2D eigenvalue weighted by Gasteiger charge is 2.41. The lowest BCUT2D eigenvalue weighted by Gasteiger charge is -2.33. The van der Waals surface area contributed by atoms with E-state index in [4.69, 9.17) is 9.47 Å². The van der Waals surface area contributed by atoms with E-state index < -0.39 is 35.9 Å². The van der Waals surface area contributed by atoms with Gasteiger partial charge < -0.3 is 24.2 Å². The van der Waals surface area contributed by atoms with Crippen molar-refractivity contribution in [3.63, 3.8) is 0 Å². The van der Waals surface area contributed by atoms with Crippen LogP contribution >= 0.6 is 0 Å². The smallest absolute Gasteiger partial charge is 0.306 e. The van der Waals surface area contributed by atoms with Crippen LogP contribution < -0.4 is 4.90 Å². The van der Waals surface area contributed by atoms with E-state index in [0.29, 0.717) is 25.9 Å². The number of methoxy groups -OCH3 is 2. The molecule has 11 heteroatoms. The van der Waals surface area contributed by atoms with Crippen LogP contribution in [0.3, 0.4) is 0 Å². The molecule has 3 aliphatic heterocycles. The summed E-state index contributed by atoms with van der Waals surface area (Å²) in [6.45, 7) is 10.8. The number of rotatable bonds is 17. The van der Waals surface area contributed by atoms with Crippen molar-refractivity contribution in [3.05, 3.63) is 101 Å². The molecule has 3 fully saturated rings. The van der Waals surface area contributed by atoms with Crippen LogP contribution in [0.1, 0.15) is 119 Å². The van der Waals surface area contributed by atoms with E-state index in [1.54, 1.807) is 9.80 Å². The summed E-state index contributed by atoms with van der Waals surface area (Å²) < 4.78 is 9.72. The zero-order valence-corrected chi connectivity index (χ0v) is 37.6. The van der Waals surface area contributed by atoms with Crippen molar-refractivity contribution in [2.24, 2.45) is 23.7 Å². The van der Waals surface area contributed by atoms with Crippen molar-refractivity contribution in [2.75, 3.05) is 32.2 Å². The third-order valence-electron chi connectivity index (χ3n) is 13.5. The number of ether oxygens (including phenoxy) is 2. The fourth-order valence-electron chi connectivity index (χ4n) is 9.79. The Morgan fingerprint density at radius 2 is 0.952 bits per heavy atom. The van der Waals surface area contributed by atoms with Gasteiger partial charge in [-0.2, -0.15) is 0 Å². The quantitative estimate of drug-likeness (QED) is 0.124. The summed E-state index contributed by atoms with van der Waals surface area (Å²) in [4.78, 5) is 84.8. The van der Waals surface area contributed by atoms with Gasteiger partial charge >= 0.3 is 11.9 Å². The zero-order chi connectivity index (χ0) is 44.7. The SMILES string of the molecule is COC(=O)C[C@H](C(=O)N1CCC[C@H]1C(=O)Cc1ccc(C2CCC(c3ccc(CC(=O)[C@@H]4CCCN4C(=O)[C@@H](CC(=O)OC)C(C)C)cc3)N2c2ccc(C)cc2)cc1)C(C)C. The Bertz CT molecular complexity index is 1940. The maximum atomic E-state index is 13.7. The number of anilines is 1. The average Bonchev–Trinajstić information content (AvgIpc) is 4.06. The van der Waals surface area contributed by atoms with Gasteiger partial charge in [0.05, 0.1) is 63.1 Å². The molecule has 3 saturated heterocycles. The summed E-state index contributed by atoms with van der Waals surface area (Å²) in [5, 5.41) is 0. The Labute approximate surface area is 367 Å². The van der Waals surface area contributed by atoms with Crippen LogP contribution in [0.5, 0.6) is 0 Å². The van der Waals surface area contributed by atoms with Gasteiger partial charge in [-0.25, -0.2) is 0 Å². The molecule has 0 spiro atoms. The maximum absolute atomic E-state index is 13.7. The average molecular weight is 848 g/mol. The predicted molar refractivity (Wildman–Crippen MR) is 238 cm³/mol. The van der Waals surface area contributed by atoms with Crippen LogP contribution in [0.2, 0.25) is 0 Å². The van der Waals surface area contributed by atoms with Crippen molar-refractivity contribution in [2.45, 2.75) is 123 Å². The second-order valence-corrected chi connectivity index (χ2v) is 18.3. The highest BCUT2D eigenvalue weighted by atomic mass is 16.5. The molecule has 332 valence electrons. The van der Waals surface area contributed by atoms with Gasteiger partial charge in [0, 0.05) is 31.6 Å². The molecule has 2 amide bonds. The number of hydrogen-bond donors (Lipinski definition) is 0. The molecular weight excluding hydrogens is 783 g/mol. The minimum absolute atomic E-state index is 0.00499. The summed E-state index contributed by atoms with van der Waals surface area (Å²) in [6.07, 6.45) is 5.07.